The van der Waals surface area contributed by atoms with Crippen LogP contribution in [0.15, 0.2) is 28.3 Å². The van der Waals surface area contributed by atoms with Gasteiger partial charge in [-0.15, -0.1) is 11.3 Å². The predicted octanol–water partition coefficient (Wildman–Crippen LogP) is 3.03. The zero-order chi connectivity index (χ0) is 15.5. The molecular weight excluding hydrogens is 300 g/mol. The van der Waals surface area contributed by atoms with Crippen molar-refractivity contribution in [2.24, 2.45) is 5.92 Å². The summed E-state index contributed by atoms with van der Waals surface area (Å²) in [5.41, 5.74) is 0.343. The second kappa shape index (κ2) is 6.62. The third kappa shape index (κ3) is 3.08. The van der Waals surface area contributed by atoms with Crippen LogP contribution < -0.4 is 0 Å². The van der Waals surface area contributed by atoms with E-state index in [1.165, 1.54) is 17.7 Å². The summed E-state index contributed by atoms with van der Waals surface area (Å²) in [6.45, 7) is 0.552. The molecular formula is C16H20N2O3S. The van der Waals surface area contributed by atoms with Gasteiger partial charge in [0.2, 0.25) is 0 Å². The lowest BCUT2D eigenvalue weighted by atomic mass is 9.86. The van der Waals surface area contributed by atoms with Gasteiger partial charge in [0.1, 0.15) is 0 Å². The van der Waals surface area contributed by atoms with Gasteiger partial charge in [-0.1, -0.05) is 18.9 Å². The molecule has 3 rings (SSSR count). The van der Waals surface area contributed by atoms with E-state index in [1.807, 2.05) is 17.5 Å². The van der Waals surface area contributed by atoms with E-state index in [0.29, 0.717) is 18.0 Å². The normalized spacial score (nSPS) is 21.7. The molecule has 0 aromatic carbocycles. The molecule has 2 aromatic rings. The summed E-state index contributed by atoms with van der Waals surface area (Å²) in [6.07, 6.45) is 4.99. The van der Waals surface area contributed by atoms with Crippen LogP contribution in [0.3, 0.4) is 0 Å². The molecule has 0 aliphatic heterocycles. The van der Waals surface area contributed by atoms with Gasteiger partial charge in [0, 0.05) is 19.5 Å². The number of thiophene rings is 1. The van der Waals surface area contributed by atoms with Gasteiger partial charge >= 0.3 is 0 Å². The van der Waals surface area contributed by atoms with Crippen molar-refractivity contribution in [2.45, 2.75) is 31.8 Å². The van der Waals surface area contributed by atoms with Crippen LogP contribution in [0.25, 0.3) is 10.6 Å². The summed E-state index contributed by atoms with van der Waals surface area (Å²) in [5.74, 6) is 0.519. The zero-order valence-electron chi connectivity index (χ0n) is 12.6. The van der Waals surface area contributed by atoms with Crippen molar-refractivity contribution in [3.05, 3.63) is 29.6 Å². The summed E-state index contributed by atoms with van der Waals surface area (Å²) in [7, 11) is 1.76. The summed E-state index contributed by atoms with van der Waals surface area (Å²) in [5, 5.41) is 12.0. The Morgan fingerprint density at radius 2 is 2.32 bits per heavy atom. The number of hydrogen-bond acceptors (Lipinski definition) is 5. The maximum absolute atomic E-state index is 12.6. The molecule has 1 fully saturated rings. The molecule has 2 aromatic heterocycles. The number of hydrogen-bond donors (Lipinski definition) is 1. The monoisotopic (exact) mass is 320 g/mol. The van der Waals surface area contributed by atoms with Crippen molar-refractivity contribution < 1.29 is 14.3 Å². The number of oxazole rings is 1. The lowest BCUT2D eigenvalue weighted by Gasteiger charge is -2.31. The number of nitrogens with zero attached hydrogens (tertiary/aromatic N) is 2. The maximum Gasteiger partial charge on any atom is 0.276 e. The molecule has 6 heteroatoms. The Labute approximate surface area is 133 Å². The number of aliphatic hydroxyl groups excluding tert-OH is 1. The average molecular weight is 320 g/mol. The molecule has 0 bridgehead atoms. The van der Waals surface area contributed by atoms with Gasteiger partial charge in [-0.3, -0.25) is 4.79 Å². The van der Waals surface area contributed by atoms with Crippen LogP contribution in [0.5, 0.6) is 0 Å². The number of rotatable bonds is 4. The highest BCUT2D eigenvalue weighted by Gasteiger charge is 2.28. The van der Waals surface area contributed by atoms with Gasteiger partial charge in [-0.05, 0) is 24.3 Å². The summed E-state index contributed by atoms with van der Waals surface area (Å²) < 4.78 is 5.39. The quantitative estimate of drug-likeness (QED) is 0.940. The fraction of sp³-hybridized carbons (Fsp3) is 0.500. The molecule has 2 heterocycles. The third-order valence-electron chi connectivity index (χ3n) is 4.24. The fourth-order valence-corrected chi connectivity index (χ4v) is 3.71. The molecule has 2 unspecified atom stereocenters. The SMILES string of the molecule is CN(CC1CCCCC1O)C(=O)c1ncoc1-c1cccs1. The minimum absolute atomic E-state index is 0.153. The second-order valence-electron chi connectivity index (χ2n) is 5.80. The molecule has 1 aliphatic rings. The van der Waals surface area contributed by atoms with Crippen LogP contribution in [-0.4, -0.2) is 40.6 Å². The minimum Gasteiger partial charge on any atom is -0.442 e. The first kappa shape index (κ1) is 15.2. The van der Waals surface area contributed by atoms with Crippen LogP contribution in [0.4, 0.5) is 0 Å². The highest BCUT2D eigenvalue weighted by Crippen LogP contribution is 2.29. The van der Waals surface area contributed by atoms with Crippen molar-refractivity contribution in [1.82, 2.24) is 9.88 Å². The second-order valence-corrected chi connectivity index (χ2v) is 6.75. The molecule has 0 radical (unpaired) electrons. The first-order valence-electron chi connectivity index (χ1n) is 7.57. The van der Waals surface area contributed by atoms with Gasteiger partial charge < -0.3 is 14.4 Å². The average Bonchev–Trinajstić information content (AvgIpc) is 3.19. The number of aliphatic hydroxyl groups is 1. The first-order chi connectivity index (χ1) is 10.7. The summed E-state index contributed by atoms with van der Waals surface area (Å²) in [4.78, 5) is 19.3. The van der Waals surface area contributed by atoms with Gasteiger partial charge in [-0.2, -0.15) is 0 Å². The molecule has 22 heavy (non-hydrogen) atoms. The standard InChI is InChI=1S/C16H20N2O3S/c1-18(9-11-5-2-3-6-12(11)19)16(20)14-15(21-10-17-14)13-7-4-8-22-13/h4,7-8,10-12,19H,2-3,5-6,9H2,1H3. The summed E-state index contributed by atoms with van der Waals surface area (Å²) in [6, 6.07) is 3.83. The molecule has 1 saturated carbocycles. The number of amides is 1. The lowest BCUT2D eigenvalue weighted by Crippen LogP contribution is -2.38. The third-order valence-corrected chi connectivity index (χ3v) is 5.11. The Morgan fingerprint density at radius 1 is 1.50 bits per heavy atom. The molecule has 2 atom stereocenters. The number of aromatic nitrogens is 1. The van der Waals surface area contributed by atoms with E-state index < -0.39 is 0 Å². The predicted molar refractivity (Wildman–Crippen MR) is 84.7 cm³/mol. The van der Waals surface area contributed by atoms with E-state index in [9.17, 15) is 9.90 Å². The largest absolute Gasteiger partial charge is 0.442 e. The van der Waals surface area contributed by atoms with Crippen molar-refractivity contribution in [2.75, 3.05) is 13.6 Å². The molecule has 5 nitrogen and oxygen atoms in total. The van der Waals surface area contributed by atoms with Crippen LogP contribution >= 0.6 is 11.3 Å². The Morgan fingerprint density at radius 3 is 3.05 bits per heavy atom. The van der Waals surface area contributed by atoms with E-state index in [0.717, 1.165) is 30.6 Å². The topological polar surface area (TPSA) is 66.6 Å². The highest BCUT2D eigenvalue weighted by atomic mass is 32.1. The molecule has 1 amide bonds. The maximum atomic E-state index is 12.6. The van der Waals surface area contributed by atoms with Crippen LogP contribution in [0.1, 0.15) is 36.2 Å². The zero-order valence-corrected chi connectivity index (χ0v) is 13.4. The molecule has 118 valence electrons. The van der Waals surface area contributed by atoms with Crippen molar-refractivity contribution in [3.8, 4) is 10.6 Å². The van der Waals surface area contributed by atoms with E-state index in [4.69, 9.17) is 4.42 Å². The lowest BCUT2D eigenvalue weighted by molar-refractivity contribution is 0.0449. The molecule has 1 N–H and O–H groups in total. The Hall–Kier alpha value is -1.66. The number of carbonyl (C=O) groups excluding carboxylic acids is 1. The van der Waals surface area contributed by atoms with Crippen molar-refractivity contribution in [1.29, 1.82) is 0 Å². The molecule has 1 aliphatic carbocycles. The van der Waals surface area contributed by atoms with Gasteiger partial charge in [0.25, 0.3) is 5.91 Å². The van der Waals surface area contributed by atoms with E-state index in [2.05, 4.69) is 4.98 Å². The van der Waals surface area contributed by atoms with E-state index in [1.54, 1.807) is 11.9 Å². The van der Waals surface area contributed by atoms with E-state index in [-0.39, 0.29) is 17.9 Å². The summed E-state index contributed by atoms with van der Waals surface area (Å²) >= 11 is 1.52. The Balaban J connectivity index is 1.72. The highest BCUT2D eigenvalue weighted by molar-refractivity contribution is 7.13. The van der Waals surface area contributed by atoms with Crippen LogP contribution in [0, 0.1) is 5.92 Å². The molecule has 0 saturated heterocycles. The minimum atomic E-state index is -0.307. The van der Waals surface area contributed by atoms with Crippen LogP contribution in [-0.2, 0) is 0 Å². The number of carbonyl (C=O) groups is 1. The van der Waals surface area contributed by atoms with Gasteiger partial charge in [0.15, 0.2) is 17.8 Å². The van der Waals surface area contributed by atoms with Crippen LogP contribution in [0.2, 0.25) is 0 Å². The Kier molecular flexibility index (Phi) is 4.59. The first-order valence-corrected chi connectivity index (χ1v) is 8.45. The Bertz CT molecular complexity index is 623. The van der Waals surface area contributed by atoms with Crippen molar-refractivity contribution in [3.63, 3.8) is 0 Å². The molecule has 0 spiro atoms. The fourth-order valence-electron chi connectivity index (χ4n) is 3.00. The van der Waals surface area contributed by atoms with E-state index >= 15 is 0 Å². The van der Waals surface area contributed by atoms with Gasteiger partial charge in [0.05, 0.1) is 11.0 Å². The van der Waals surface area contributed by atoms with Gasteiger partial charge in [-0.25, -0.2) is 4.98 Å². The smallest absolute Gasteiger partial charge is 0.276 e. The van der Waals surface area contributed by atoms with Crippen molar-refractivity contribution >= 4 is 17.2 Å².